The summed E-state index contributed by atoms with van der Waals surface area (Å²) in [5.74, 6) is 0.860. The number of non-ortho nitro benzene ring substituents is 1. The number of carbonyl (C=O) groups excluding carboxylic acids is 2. The number of nitro groups is 1. The topological polar surface area (TPSA) is 111 Å². The summed E-state index contributed by atoms with van der Waals surface area (Å²) in [6.45, 7) is 1.60. The fourth-order valence-electron chi connectivity index (χ4n) is 4.55. The van der Waals surface area contributed by atoms with E-state index in [0.29, 0.717) is 17.5 Å². The van der Waals surface area contributed by atoms with Crippen LogP contribution in [0.3, 0.4) is 0 Å². The number of carbonyl (C=O) groups is 2. The molecule has 2 aliphatic rings. The second-order valence-electron chi connectivity index (χ2n) is 7.51. The monoisotopic (exact) mass is 375 g/mol. The van der Waals surface area contributed by atoms with Gasteiger partial charge in [0.15, 0.2) is 6.61 Å². The Morgan fingerprint density at radius 2 is 2.11 bits per heavy atom. The van der Waals surface area contributed by atoms with E-state index in [0.717, 1.165) is 18.4 Å². The molecule has 1 amide bonds. The summed E-state index contributed by atoms with van der Waals surface area (Å²) in [4.78, 5) is 34.8. The van der Waals surface area contributed by atoms with Crippen LogP contribution in [0.2, 0.25) is 0 Å². The number of amides is 1. The highest BCUT2D eigenvalue weighted by Gasteiger charge is 2.42. The summed E-state index contributed by atoms with van der Waals surface area (Å²) in [6.07, 6.45) is 4.96. The molecule has 4 unspecified atom stereocenters. The third kappa shape index (κ3) is 4.20. The van der Waals surface area contributed by atoms with Crippen LogP contribution in [0.4, 0.5) is 11.4 Å². The van der Waals surface area contributed by atoms with Crippen molar-refractivity contribution in [3.8, 4) is 0 Å². The molecule has 1 aromatic rings. The zero-order valence-corrected chi connectivity index (χ0v) is 15.6. The number of nitrogens with zero attached hydrogens (tertiary/aromatic N) is 1. The molecule has 27 heavy (non-hydrogen) atoms. The molecular formula is C19H25N3O5. The van der Waals surface area contributed by atoms with Crippen molar-refractivity contribution >= 4 is 23.3 Å². The lowest BCUT2D eigenvalue weighted by Crippen LogP contribution is -2.42. The molecule has 2 bridgehead atoms. The molecule has 2 fully saturated rings. The fraction of sp³-hybridized carbons (Fsp3) is 0.579. The van der Waals surface area contributed by atoms with E-state index in [2.05, 4.69) is 10.6 Å². The number of fused-ring (bicyclic) bond motifs is 2. The summed E-state index contributed by atoms with van der Waals surface area (Å²) in [7, 11) is 1.60. The van der Waals surface area contributed by atoms with Gasteiger partial charge in [-0.2, -0.15) is 0 Å². The molecule has 3 rings (SSSR count). The quantitative estimate of drug-likeness (QED) is 0.431. The number of nitrogens with one attached hydrogen (secondary N) is 2. The summed E-state index contributed by atoms with van der Waals surface area (Å²) in [6, 6.07) is 3.93. The van der Waals surface area contributed by atoms with Crippen molar-refractivity contribution in [2.75, 3.05) is 19.0 Å². The first-order valence-electron chi connectivity index (χ1n) is 9.31. The van der Waals surface area contributed by atoms with Crippen LogP contribution >= 0.6 is 0 Å². The van der Waals surface area contributed by atoms with Crippen molar-refractivity contribution in [3.63, 3.8) is 0 Å². The van der Waals surface area contributed by atoms with Crippen LogP contribution in [0.1, 0.15) is 43.0 Å². The molecule has 146 valence electrons. The smallest absolute Gasteiger partial charge is 0.341 e. The van der Waals surface area contributed by atoms with Crippen molar-refractivity contribution in [2.24, 2.45) is 17.8 Å². The van der Waals surface area contributed by atoms with E-state index in [4.69, 9.17) is 4.74 Å². The molecule has 2 aliphatic carbocycles. The number of hydrogen-bond donors (Lipinski definition) is 2. The largest absolute Gasteiger partial charge is 0.452 e. The van der Waals surface area contributed by atoms with Crippen molar-refractivity contribution in [1.29, 1.82) is 0 Å². The Morgan fingerprint density at radius 1 is 1.33 bits per heavy atom. The molecule has 0 radical (unpaired) electrons. The average Bonchev–Trinajstić information content (AvgIpc) is 3.29. The molecule has 0 saturated heterocycles. The Balaban J connectivity index is 1.55. The van der Waals surface area contributed by atoms with Gasteiger partial charge < -0.3 is 15.4 Å². The van der Waals surface area contributed by atoms with E-state index in [1.54, 1.807) is 7.05 Å². The Hall–Kier alpha value is -2.64. The predicted octanol–water partition coefficient (Wildman–Crippen LogP) is 2.73. The van der Waals surface area contributed by atoms with E-state index in [-0.39, 0.29) is 23.2 Å². The first-order valence-corrected chi connectivity index (χ1v) is 9.31. The van der Waals surface area contributed by atoms with E-state index in [9.17, 15) is 19.7 Å². The van der Waals surface area contributed by atoms with Gasteiger partial charge in [-0.1, -0.05) is 6.42 Å². The molecule has 2 N–H and O–H groups in total. The van der Waals surface area contributed by atoms with Crippen molar-refractivity contribution < 1.29 is 19.2 Å². The zero-order chi connectivity index (χ0) is 19.6. The van der Waals surface area contributed by atoms with Crippen LogP contribution in [0, 0.1) is 27.9 Å². The van der Waals surface area contributed by atoms with E-state index in [1.165, 1.54) is 31.4 Å². The molecule has 8 heteroatoms. The summed E-state index contributed by atoms with van der Waals surface area (Å²) in [5, 5.41) is 16.6. The number of nitro benzene ring substituents is 1. The van der Waals surface area contributed by atoms with Crippen LogP contribution in [0.25, 0.3) is 0 Å². The van der Waals surface area contributed by atoms with Crippen molar-refractivity contribution in [2.45, 2.75) is 38.6 Å². The number of hydrogen-bond acceptors (Lipinski definition) is 6. The SMILES string of the molecule is CNc1ccc([N+](=O)[O-])cc1C(=O)OCC(=O)NC(C)C1CC2CCC1C2. The molecule has 0 aromatic heterocycles. The Kier molecular flexibility index (Phi) is 5.62. The minimum atomic E-state index is -0.772. The van der Waals surface area contributed by atoms with Gasteiger partial charge >= 0.3 is 5.97 Å². The first-order chi connectivity index (χ1) is 12.9. The lowest BCUT2D eigenvalue weighted by Gasteiger charge is -2.28. The minimum absolute atomic E-state index is 0.0284. The maximum atomic E-state index is 12.3. The van der Waals surface area contributed by atoms with Gasteiger partial charge in [0, 0.05) is 30.9 Å². The second kappa shape index (κ2) is 7.94. The molecule has 1 aromatic carbocycles. The van der Waals surface area contributed by atoms with Gasteiger partial charge in [0.2, 0.25) is 0 Å². The molecule has 0 aliphatic heterocycles. The Bertz CT molecular complexity index is 751. The molecule has 0 spiro atoms. The summed E-state index contributed by atoms with van der Waals surface area (Å²) >= 11 is 0. The van der Waals surface area contributed by atoms with Gasteiger partial charge in [0.25, 0.3) is 11.6 Å². The van der Waals surface area contributed by atoms with E-state index >= 15 is 0 Å². The Morgan fingerprint density at radius 3 is 2.70 bits per heavy atom. The lowest BCUT2D eigenvalue weighted by molar-refractivity contribution is -0.384. The fourth-order valence-corrected chi connectivity index (χ4v) is 4.55. The lowest BCUT2D eigenvalue weighted by atomic mass is 9.84. The summed E-state index contributed by atoms with van der Waals surface area (Å²) < 4.78 is 5.08. The Labute approximate surface area is 157 Å². The van der Waals surface area contributed by atoms with Gasteiger partial charge in [0.05, 0.1) is 10.5 Å². The molecule has 0 heterocycles. The van der Waals surface area contributed by atoms with Gasteiger partial charge in [0.1, 0.15) is 0 Å². The summed E-state index contributed by atoms with van der Waals surface area (Å²) in [5.41, 5.74) is 0.220. The zero-order valence-electron chi connectivity index (χ0n) is 15.6. The van der Waals surface area contributed by atoms with Crippen LogP contribution in [-0.4, -0.2) is 36.5 Å². The van der Waals surface area contributed by atoms with Crippen LogP contribution in [0.5, 0.6) is 0 Å². The van der Waals surface area contributed by atoms with Gasteiger partial charge in [-0.05, 0) is 50.0 Å². The highest BCUT2D eigenvalue weighted by Crippen LogP contribution is 2.49. The standard InChI is InChI=1S/C19H25N3O5/c1-11(15-8-12-3-4-13(15)7-12)21-18(23)10-27-19(24)16-9-14(22(25)26)5-6-17(16)20-2/h5-6,9,11-13,15,20H,3-4,7-8,10H2,1-2H3,(H,21,23). The maximum absolute atomic E-state index is 12.3. The number of anilines is 1. The highest BCUT2D eigenvalue weighted by molar-refractivity contribution is 5.97. The number of ether oxygens (including phenoxy) is 1. The van der Waals surface area contributed by atoms with Crippen LogP contribution in [0.15, 0.2) is 18.2 Å². The predicted molar refractivity (Wildman–Crippen MR) is 99.5 cm³/mol. The van der Waals surface area contributed by atoms with Gasteiger partial charge in [-0.3, -0.25) is 14.9 Å². The highest BCUT2D eigenvalue weighted by atomic mass is 16.6. The second-order valence-corrected chi connectivity index (χ2v) is 7.51. The average molecular weight is 375 g/mol. The number of rotatable bonds is 7. The molecule has 4 atom stereocenters. The first kappa shape index (κ1) is 19.1. The number of esters is 1. The van der Waals surface area contributed by atoms with Crippen LogP contribution in [-0.2, 0) is 9.53 Å². The minimum Gasteiger partial charge on any atom is -0.452 e. The third-order valence-corrected chi connectivity index (χ3v) is 5.86. The number of benzene rings is 1. The molecule has 8 nitrogen and oxygen atoms in total. The third-order valence-electron chi connectivity index (χ3n) is 5.86. The van der Waals surface area contributed by atoms with E-state index in [1.807, 2.05) is 6.92 Å². The van der Waals surface area contributed by atoms with E-state index < -0.39 is 17.5 Å². The maximum Gasteiger partial charge on any atom is 0.341 e. The van der Waals surface area contributed by atoms with Crippen molar-refractivity contribution in [1.82, 2.24) is 5.32 Å². The van der Waals surface area contributed by atoms with Gasteiger partial charge in [-0.15, -0.1) is 0 Å². The van der Waals surface area contributed by atoms with Crippen molar-refractivity contribution in [3.05, 3.63) is 33.9 Å². The molecule has 2 saturated carbocycles. The normalized spacial score (nSPS) is 24.3. The van der Waals surface area contributed by atoms with Gasteiger partial charge in [-0.25, -0.2) is 4.79 Å². The molecular weight excluding hydrogens is 350 g/mol. The van der Waals surface area contributed by atoms with Crippen LogP contribution < -0.4 is 10.6 Å².